The lowest BCUT2D eigenvalue weighted by molar-refractivity contribution is -0.326. The van der Waals surface area contributed by atoms with Crippen LogP contribution < -0.4 is 0 Å². The monoisotopic (exact) mass is 476 g/mol. The molecule has 13 nitrogen and oxygen atoms in total. The molecule has 1 heterocycles. The van der Waals surface area contributed by atoms with Gasteiger partial charge in [0.15, 0.2) is 12.4 Å². The Kier molecular flexibility index (Phi) is 10.2. The lowest BCUT2D eigenvalue weighted by Crippen LogP contribution is -2.62. The molecule has 0 aliphatic carbocycles. The van der Waals surface area contributed by atoms with Gasteiger partial charge in [-0.25, -0.2) is 4.79 Å². The summed E-state index contributed by atoms with van der Waals surface area (Å²) in [7, 11) is 0. The predicted octanol–water partition coefficient (Wildman–Crippen LogP) is -4.44. The van der Waals surface area contributed by atoms with Crippen molar-refractivity contribution in [1.29, 1.82) is 0 Å². The standard InChI is InChI=1S/C20H28O13/c21-6-10(23)18(33-20-17(29)13(25)12(24)11(7-22)32-20)15(27)14(26)16(28)19(30)31-8-9-4-2-1-3-5-9/h1-5,10-15,17-18,20-27,29H,6-8H2. The van der Waals surface area contributed by atoms with E-state index < -0.39 is 80.1 Å². The Morgan fingerprint density at radius 3 is 2.18 bits per heavy atom. The third kappa shape index (κ3) is 6.74. The van der Waals surface area contributed by atoms with E-state index in [0.717, 1.165) is 0 Å². The molecule has 0 aromatic heterocycles. The summed E-state index contributed by atoms with van der Waals surface area (Å²) in [4.78, 5) is 24.2. The molecule has 9 unspecified atom stereocenters. The maximum atomic E-state index is 12.2. The molecule has 0 saturated carbocycles. The van der Waals surface area contributed by atoms with Gasteiger partial charge in [-0.15, -0.1) is 0 Å². The van der Waals surface area contributed by atoms with Crippen LogP contribution in [0.15, 0.2) is 30.3 Å². The van der Waals surface area contributed by atoms with Crippen molar-refractivity contribution in [2.75, 3.05) is 13.2 Å². The third-order valence-corrected chi connectivity index (χ3v) is 5.05. The molecule has 33 heavy (non-hydrogen) atoms. The Bertz CT molecular complexity index is 758. The van der Waals surface area contributed by atoms with Crippen molar-refractivity contribution in [2.24, 2.45) is 0 Å². The quantitative estimate of drug-likeness (QED) is 0.112. The Hall–Kier alpha value is -2.04. The van der Waals surface area contributed by atoms with Crippen LogP contribution in [0.1, 0.15) is 5.56 Å². The minimum atomic E-state index is -2.47. The molecule has 9 atom stereocenters. The summed E-state index contributed by atoms with van der Waals surface area (Å²) in [5.74, 6) is -3.07. The second-order valence-corrected chi connectivity index (χ2v) is 7.41. The molecular formula is C20H28O13. The highest BCUT2D eigenvalue weighted by molar-refractivity contribution is 6.35. The van der Waals surface area contributed by atoms with E-state index in [0.29, 0.717) is 5.56 Å². The molecule has 0 spiro atoms. The number of rotatable bonds is 11. The van der Waals surface area contributed by atoms with Gasteiger partial charge in [-0.2, -0.15) is 0 Å². The number of esters is 1. The zero-order valence-corrected chi connectivity index (χ0v) is 17.3. The Morgan fingerprint density at radius 1 is 0.970 bits per heavy atom. The fourth-order valence-corrected chi connectivity index (χ4v) is 3.09. The summed E-state index contributed by atoms with van der Waals surface area (Å²) in [5.41, 5.74) is 0.549. The molecule has 1 aromatic carbocycles. The van der Waals surface area contributed by atoms with E-state index in [-0.39, 0.29) is 6.61 Å². The summed E-state index contributed by atoms with van der Waals surface area (Å²) in [6.07, 6.45) is -17.5. The average Bonchev–Trinajstić information content (AvgIpc) is 2.84. The molecule has 1 aliphatic heterocycles. The van der Waals surface area contributed by atoms with Gasteiger partial charge in [-0.1, -0.05) is 30.3 Å². The summed E-state index contributed by atoms with van der Waals surface area (Å²) in [5, 5.41) is 78.7. The Morgan fingerprint density at radius 2 is 1.61 bits per heavy atom. The van der Waals surface area contributed by atoms with Gasteiger partial charge < -0.3 is 55.1 Å². The smallest absolute Gasteiger partial charge is 0.377 e. The van der Waals surface area contributed by atoms with Gasteiger partial charge >= 0.3 is 5.97 Å². The molecular weight excluding hydrogens is 448 g/mol. The van der Waals surface area contributed by atoms with Gasteiger partial charge in [0.05, 0.1) is 13.2 Å². The SMILES string of the molecule is O=C(OCc1ccccc1)C(=O)C(O)C(O)C(OC1OC(CO)C(O)C(O)C1O)C(O)CO. The zero-order valence-electron chi connectivity index (χ0n) is 17.3. The fourth-order valence-electron chi connectivity index (χ4n) is 3.09. The molecule has 1 saturated heterocycles. The molecule has 1 fully saturated rings. The first kappa shape index (κ1) is 27.2. The summed E-state index contributed by atoms with van der Waals surface area (Å²) in [6.45, 7) is -2.13. The normalized spacial score (nSPS) is 29.0. The lowest BCUT2D eigenvalue weighted by atomic mass is 9.97. The lowest BCUT2D eigenvalue weighted by Gasteiger charge is -2.42. The first-order valence-corrected chi connectivity index (χ1v) is 9.98. The van der Waals surface area contributed by atoms with E-state index in [4.69, 9.17) is 14.2 Å². The number of Topliss-reactive ketones (excluding diaryl/α,β-unsaturated/α-hetero) is 1. The minimum absolute atomic E-state index is 0.293. The van der Waals surface area contributed by atoms with Crippen LogP contribution in [0.4, 0.5) is 0 Å². The topological polar surface area (TPSA) is 224 Å². The van der Waals surface area contributed by atoms with Gasteiger partial charge in [0.2, 0.25) is 0 Å². The Labute approximate surface area is 188 Å². The van der Waals surface area contributed by atoms with Gasteiger partial charge in [-0.05, 0) is 5.56 Å². The molecule has 1 aliphatic rings. The molecule has 1 aromatic rings. The summed E-state index contributed by atoms with van der Waals surface area (Å²) >= 11 is 0. The number of ketones is 1. The molecule has 13 heteroatoms. The fraction of sp³-hybridized carbons (Fsp3) is 0.600. The van der Waals surface area contributed by atoms with Crippen molar-refractivity contribution < 1.29 is 64.7 Å². The summed E-state index contributed by atoms with van der Waals surface area (Å²) < 4.78 is 15.0. The number of carbonyl (C=O) groups excluding carboxylic acids is 2. The highest BCUT2D eigenvalue weighted by Gasteiger charge is 2.47. The van der Waals surface area contributed by atoms with Gasteiger partial charge in [-0.3, -0.25) is 4.79 Å². The van der Waals surface area contributed by atoms with E-state index in [1.54, 1.807) is 30.3 Å². The van der Waals surface area contributed by atoms with Crippen LogP contribution in [0.25, 0.3) is 0 Å². The maximum Gasteiger partial charge on any atom is 0.377 e. The van der Waals surface area contributed by atoms with E-state index in [9.17, 15) is 50.4 Å². The molecule has 2 rings (SSSR count). The minimum Gasteiger partial charge on any atom is -0.455 e. The number of hydrogen-bond donors (Lipinski definition) is 8. The van der Waals surface area contributed by atoms with Gasteiger partial charge in [0.25, 0.3) is 5.78 Å². The maximum absolute atomic E-state index is 12.2. The van der Waals surface area contributed by atoms with Crippen LogP contribution in [-0.4, -0.2) is 121 Å². The van der Waals surface area contributed by atoms with Crippen LogP contribution in [0.2, 0.25) is 0 Å². The number of ether oxygens (including phenoxy) is 3. The highest BCUT2D eigenvalue weighted by atomic mass is 16.7. The first-order valence-electron chi connectivity index (χ1n) is 9.98. The predicted molar refractivity (Wildman–Crippen MR) is 105 cm³/mol. The second-order valence-electron chi connectivity index (χ2n) is 7.41. The zero-order chi connectivity index (χ0) is 24.7. The second kappa shape index (κ2) is 12.4. The van der Waals surface area contributed by atoms with Crippen molar-refractivity contribution in [1.82, 2.24) is 0 Å². The van der Waals surface area contributed by atoms with Crippen LogP contribution in [0.5, 0.6) is 0 Å². The first-order chi connectivity index (χ1) is 15.6. The van der Waals surface area contributed by atoms with E-state index in [1.807, 2.05) is 0 Å². The number of benzene rings is 1. The molecule has 0 bridgehead atoms. The van der Waals surface area contributed by atoms with E-state index in [2.05, 4.69) is 0 Å². The largest absolute Gasteiger partial charge is 0.455 e. The van der Waals surface area contributed by atoms with Crippen molar-refractivity contribution in [2.45, 2.75) is 61.7 Å². The van der Waals surface area contributed by atoms with Crippen molar-refractivity contribution in [3.63, 3.8) is 0 Å². The number of hydrogen-bond acceptors (Lipinski definition) is 13. The third-order valence-electron chi connectivity index (χ3n) is 5.05. The van der Waals surface area contributed by atoms with E-state index >= 15 is 0 Å². The average molecular weight is 476 g/mol. The van der Waals surface area contributed by atoms with Crippen LogP contribution in [0.3, 0.4) is 0 Å². The van der Waals surface area contributed by atoms with Crippen molar-refractivity contribution >= 4 is 11.8 Å². The van der Waals surface area contributed by atoms with Crippen LogP contribution in [0, 0.1) is 0 Å². The molecule has 0 radical (unpaired) electrons. The summed E-state index contributed by atoms with van der Waals surface area (Å²) in [6, 6.07) is 8.29. The van der Waals surface area contributed by atoms with Gasteiger partial charge in [0.1, 0.15) is 49.3 Å². The van der Waals surface area contributed by atoms with Crippen molar-refractivity contribution in [3.8, 4) is 0 Å². The molecule has 186 valence electrons. The Balaban J connectivity index is 2.08. The number of aliphatic hydroxyl groups excluding tert-OH is 8. The number of aliphatic hydroxyl groups is 8. The van der Waals surface area contributed by atoms with Crippen LogP contribution in [-0.2, 0) is 30.4 Å². The molecule has 8 N–H and O–H groups in total. The number of carbonyl (C=O) groups is 2. The van der Waals surface area contributed by atoms with E-state index in [1.165, 1.54) is 0 Å². The highest BCUT2D eigenvalue weighted by Crippen LogP contribution is 2.25. The van der Waals surface area contributed by atoms with Crippen LogP contribution >= 0.6 is 0 Å². The van der Waals surface area contributed by atoms with Crippen molar-refractivity contribution in [3.05, 3.63) is 35.9 Å². The van der Waals surface area contributed by atoms with Gasteiger partial charge in [0, 0.05) is 0 Å². The molecule has 0 amide bonds.